The highest BCUT2D eigenvalue weighted by molar-refractivity contribution is 6.31. The third-order valence-corrected chi connectivity index (χ3v) is 4.76. The molecule has 2 aromatic rings. The molecule has 6 heteroatoms. The van der Waals surface area contributed by atoms with Crippen LogP contribution in [0.25, 0.3) is 0 Å². The summed E-state index contributed by atoms with van der Waals surface area (Å²) in [7, 11) is 1.52. The zero-order valence-corrected chi connectivity index (χ0v) is 17.1. The maximum absolute atomic E-state index is 12.4. The van der Waals surface area contributed by atoms with E-state index in [0.29, 0.717) is 16.5 Å². The summed E-state index contributed by atoms with van der Waals surface area (Å²) in [6, 6.07) is 9.32. The molecule has 0 fully saturated rings. The second-order valence-corrected chi connectivity index (χ2v) is 6.97. The van der Waals surface area contributed by atoms with Gasteiger partial charge in [0.25, 0.3) is 0 Å². The number of benzene rings is 2. The number of amides is 2. The van der Waals surface area contributed by atoms with Gasteiger partial charge >= 0.3 is 0 Å². The van der Waals surface area contributed by atoms with Crippen LogP contribution in [-0.2, 0) is 9.59 Å². The van der Waals surface area contributed by atoms with Crippen molar-refractivity contribution in [1.29, 1.82) is 0 Å². The Kier molecular flexibility index (Phi) is 6.86. The maximum Gasteiger partial charge on any atom is 0.226 e. The van der Waals surface area contributed by atoms with E-state index in [1.54, 1.807) is 12.1 Å². The summed E-state index contributed by atoms with van der Waals surface area (Å²) in [5, 5.41) is 3.46. The average molecular weight is 389 g/mol. The minimum Gasteiger partial charge on any atom is -0.495 e. The van der Waals surface area contributed by atoms with Crippen LogP contribution in [0.5, 0.6) is 5.75 Å². The summed E-state index contributed by atoms with van der Waals surface area (Å²) < 4.78 is 5.36. The Morgan fingerprint density at radius 2 is 1.81 bits per heavy atom. The van der Waals surface area contributed by atoms with Gasteiger partial charge in [-0.25, -0.2) is 0 Å². The molecule has 27 heavy (non-hydrogen) atoms. The van der Waals surface area contributed by atoms with Gasteiger partial charge in [0.2, 0.25) is 11.8 Å². The second-order valence-electron chi connectivity index (χ2n) is 6.56. The molecule has 0 unspecified atom stereocenters. The van der Waals surface area contributed by atoms with Crippen molar-refractivity contribution in [2.24, 2.45) is 0 Å². The number of anilines is 2. The Labute approximate surface area is 165 Å². The van der Waals surface area contributed by atoms with Crippen molar-refractivity contribution in [2.45, 2.75) is 34.1 Å². The number of carbonyl (C=O) groups is 2. The fraction of sp³-hybridized carbons (Fsp3) is 0.333. The summed E-state index contributed by atoms with van der Waals surface area (Å²) >= 11 is 6.14. The third kappa shape index (κ3) is 5.23. The summed E-state index contributed by atoms with van der Waals surface area (Å²) in [5.74, 6) is 0.169. The van der Waals surface area contributed by atoms with Crippen molar-refractivity contribution >= 4 is 34.8 Å². The van der Waals surface area contributed by atoms with Crippen molar-refractivity contribution in [3.8, 4) is 5.75 Å². The molecule has 2 amide bonds. The van der Waals surface area contributed by atoms with Gasteiger partial charge in [-0.15, -0.1) is 0 Å². The molecule has 2 rings (SSSR count). The number of hydrogen-bond donors (Lipinski definition) is 1. The molecule has 1 N–H and O–H groups in total. The second kappa shape index (κ2) is 8.91. The van der Waals surface area contributed by atoms with Gasteiger partial charge in [-0.2, -0.15) is 0 Å². The topological polar surface area (TPSA) is 58.6 Å². The van der Waals surface area contributed by atoms with Crippen LogP contribution in [0.4, 0.5) is 11.4 Å². The Hall–Kier alpha value is -2.53. The zero-order valence-electron chi connectivity index (χ0n) is 16.4. The Morgan fingerprint density at radius 1 is 1.11 bits per heavy atom. The number of nitrogens with zero attached hydrogens (tertiary/aromatic N) is 1. The highest BCUT2D eigenvalue weighted by Crippen LogP contribution is 2.34. The SMILES string of the molecule is COc1cc(Cl)c(C)cc1N(CCC(=O)Nc1ccc(C)cc1C)C(C)=O. The van der Waals surface area contributed by atoms with Gasteiger partial charge in [0.15, 0.2) is 0 Å². The molecule has 0 spiro atoms. The minimum absolute atomic E-state index is 0.155. The normalized spacial score (nSPS) is 10.4. The lowest BCUT2D eigenvalue weighted by molar-refractivity contribution is -0.117. The molecule has 144 valence electrons. The lowest BCUT2D eigenvalue weighted by atomic mass is 10.1. The lowest BCUT2D eigenvalue weighted by Crippen LogP contribution is -2.32. The van der Waals surface area contributed by atoms with E-state index in [9.17, 15) is 9.59 Å². The first-order valence-corrected chi connectivity index (χ1v) is 9.10. The van der Waals surface area contributed by atoms with Crippen LogP contribution >= 0.6 is 11.6 Å². The monoisotopic (exact) mass is 388 g/mol. The molecule has 5 nitrogen and oxygen atoms in total. The van der Waals surface area contributed by atoms with Crippen molar-refractivity contribution in [3.05, 3.63) is 52.0 Å². The van der Waals surface area contributed by atoms with Gasteiger partial charge in [0.05, 0.1) is 12.8 Å². The molecular formula is C21H25ClN2O3. The molecule has 0 aliphatic carbocycles. The molecule has 0 heterocycles. The first-order valence-electron chi connectivity index (χ1n) is 8.72. The van der Waals surface area contributed by atoms with Gasteiger partial charge in [-0.3, -0.25) is 9.59 Å². The van der Waals surface area contributed by atoms with E-state index in [4.69, 9.17) is 16.3 Å². The van der Waals surface area contributed by atoms with Gasteiger partial charge < -0.3 is 15.0 Å². The van der Waals surface area contributed by atoms with Crippen LogP contribution in [0.1, 0.15) is 30.0 Å². The standard InChI is InChI=1S/C21H25ClN2O3/c1-13-6-7-18(15(3)10-13)23-21(26)8-9-24(16(4)25)19-11-14(2)17(22)12-20(19)27-5/h6-7,10-12H,8-9H2,1-5H3,(H,23,26). The minimum atomic E-state index is -0.172. The van der Waals surface area contributed by atoms with Crippen molar-refractivity contribution in [1.82, 2.24) is 0 Å². The van der Waals surface area contributed by atoms with Crippen LogP contribution in [0, 0.1) is 20.8 Å². The molecular weight excluding hydrogens is 364 g/mol. The molecule has 0 aliphatic rings. The molecule has 0 aromatic heterocycles. The zero-order chi connectivity index (χ0) is 20.1. The quantitative estimate of drug-likeness (QED) is 0.783. The van der Waals surface area contributed by atoms with Crippen molar-refractivity contribution in [3.63, 3.8) is 0 Å². The van der Waals surface area contributed by atoms with E-state index in [2.05, 4.69) is 5.32 Å². The molecule has 0 saturated heterocycles. The number of rotatable bonds is 6. The highest BCUT2D eigenvalue weighted by atomic mass is 35.5. The summed E-state index contributed by atoms with van der Waals surface area (Å²) in [6.07, 6.45) is 0.164. The van der Waals surface area contributed by atoms with E-state index < -0.39 is 0 Å². The van der Waals surface area contributed by atoms with Crippen LogP contribution in [0.2, 0.25) is 5.02 Å². The first-order chi connectivity index (χ1) is 12.7. The van der Waals surface area contributed by atoms with E-state index in [1.807, 2.05) is 39.0 Å². The predicted octanol–water partition coefficient (Wildman–Crippen LogP) is 4.66. The molecule has 0 atom stereocenters. The average Bonchev–Trinajstić information content (AvgIpc) is 2.60. The first kappa shape index (κ1) is 20.8. The number of hydrogen-bond acceptors (Lipinski definition) is 3. The van der Waals surface area contributed by atoms with E-state index in [1.165, 1.54) is 18.9 Å². The van der Waals surface area contributed by atoms with E-state index in [0.717, 1.165) is 22.4 Å². The fourth-order valence-electron chi connectivity index (χ4n) is 2.85. The summed E-state index contributed by atoms with van der Waals surface area (Å²) in [4.78, 5) is 26.1. The number of aryl methyl sites for hydroxylation is 3. The molecule has 2 aromatic carbocycles. The van der Waals surface area contributed by atoms with Gasteiger partial charge in [-0.05, 0) is 44.0 Å². The number of ether oxygens (including phenoxy) is 1. The smallest absolute Gasteiger partial charge is 0.226 e. The third-order valence-electron chi connectivity index (χ3n) is 4.35. The number of methoxy groups -OCH3 is 1. The Morgan fingerprint density at radius 3 is 2.41 bits per heavy atom. The van der Waals surface area contributed by atoms with Crippen LogP contribution < -0.4 is 15.0 Å². The number of nitrogens with one attached hydrogen (secondary N) is 1. The van der Waals surface area contributed by atoms with E-state index in [-0.39, 0.29) is 24.8 Å². The Balaban J connectivity index is 2.14. The summed E-state index contributed by atoms with van der Waals surface area (Å²) in [6.45, 7) is 7.52. The van der Waals surface area contributed by atoms with Gasteiger partial charge in [0.1, 0.15) is 5.75 Å². The van der Waals surface area contributed by atoms with Gasteiger partial charge in [0, 0.05) is 36.7 Å². The molecule has 0 aliphatic heterocycles. The molecule has 0 bridgehead atoms. The maximum atomic E-state index is 12.4. The van der Waals surface area contributed by atoms with Crippen LogP contribution in [0.3, 0.4) is 0 Å². The lowest BCUT2D eigenvalue weighted by Gasteiger charge is -2.24. The number of carbonyl (C=O) groups excluding carboxylic acids is 2. The Bertz CT molecular complexity index is 865. The summed E-state index contributed by atoms with van der Waals surface area (Å²) in [5.41, 5.74) is 4.35. The number of halogens is 1. The predicted molar refractivity (Wildman–Crippen MR) is 110 cm³/mol. The van der Waals surface area contributed by atoms with E-state index >= 15 is 0 Å². The largest absolute Gasteiger partial charge is 0.495 e. The molecule has 0 radical (unpaired) electrons. The fourth-order valence-corrected chi connectivity index (χ4v) is 3.00. The van der Waals surface area contributed by atoms with Crippen LogP contribution in [-0.4, -0.2) is 25.5 Å². The molecule has 0 saturated carbocycles. The van der Waals surface area contributed by atoms with Crippen molar-refractivity contribution < 1.29 is 14.3 Å². The van der Waals surface area contributed by atoms with Crippen molar-refractivity contribution in [2.75, 3.05) is 23.9 Å². The highest BCUT2D eigenvalue weighted by Gasteiger charge is 2.19. The van der Waals surface area contributed by atoms with Gasteiger partial charge in [-0.1, -0.05) is 29.3 Å². The van der Waals surface area contributed by atoms with Crippen LogP contribution in [0.15, 0.2) is 30.3 Å².